The first-order valence-corrected chi connectivity index (χ1v) is 8.14. The van der Waals surface area contributed by atoms with Crippen molar-refractivity contribution in [2.45, 2.75) is 19.9 Å². The molecule has 0 N–H and O–H groups in total. The lowest BCUT2D eigenvalue weighted by Gasteiger charge is -2.12. The Hall–Kier alpha value is -2.52. The summed E-state index contributed by atoms with van der Waals surface area (Å²) in [5, 5.41) is 0. The Kier molecular flexibility index (Phi) is 4.49. The molecule has 1 aromatic carbocycles. The van der Waals surface area contributed by atoms with Crippen LogP contribution in [0.4, 0.5) is 0 Å². The highest BCUT2D eigenvalue weighted by atomic mass is 32.1. The first-order chi connectivity index (χ1) is 11.2. The molecule has 1 aromatic heterocycles. The number of hydrogen-bond donors (Lipinski definition) is 0. The topological polar surface area (TPSA) is 52.8 Å². The third kappa shape index (κ3) is 3.15. The number of ether oxygens (including phenoxy) is 2. The number of terminal acetylenes is 1. The van der Waals surface area contributed by atoms with Crippen molar-refractivity contribution in [3.8, 4) is 12.3 Å². The van der Waals surface area contributed by atoms with Crippen molar-refractivity contribution in [2.75, 3.05) is 13.2 Å². The second kappa shape index (κ2) is 6.71. The summed E-state index contributed by atoms with van der Waals surface area (Å²) < 4.78 is 13.3. The lowest BCUT2D eigenvalue weighted by molar-refractivity contribution is -0.119. The van der Waals surface area contributed by atoms with Crippen molar-refractivity contribution in [1.82, 2.24) is 4.57 Å². The molecule has 0 atom stereocenters. The number of rotatable bonds is 3. The van der Waals surface area contributed by atoms with E-state index in [9.17, 15) is 4.79 Å². The molecule has 3 rings (SSSR count). The zero-order valence-electron chi connectivity index (χ0n) is 12.7. The normalized spacial score (nSPS) is 14.8. The fourth-order valence-electron chi connectivity index (χ4n) is 2.29. The van der Waals surface area contributed by atoms with Crippen molar-refractivity contribution in [2.24, 2.45) is 4.99 Å². The van der Waals surface area contributed by atoms with Gasteiger partial charge in [-0.3, -0.25) is 4.79 Å². The van der Waals surface area contributed by atoms with Crippen LogP contribution in [0.15, 0.2) is 35.2 Å². The summed E-state index contributed by atoms with van der Waals surface area (Å²) in [6, 6.07) is 6.19. The van der Waals surface area contributed by atoms with Gasteiger partial charge in [-0.2, -0.15) is 4.99 Å². The molecule has 0 saturated heterocycles. The van der Waals surface area contributed by atoms with E-state index in [1.54, 1.807) is 0 Å². The number of benzene rings is 1. The molecule has 0 aliphatic carbocycles. The van der Waals surface area contributed by atoms with Crippen LogP contribution in [-0.4, -0.2) is 23.7 Å². The van der Waals surface area contributed by atoms with Gasteiger partial charge < -0.3 is 14.0 Å². The fourth-order valence-corrected chi connectivity index (χ4v) is 3.38. The van der Waals surface area contributed by atoms with Crippen molar-refractivity contribution in [3.05, 3.63) is 40.6 Å². The van der Waals surface area contributed by atoms with E-state index in [1.165, 1.54) is 23.2 Å². The Morgan fingerprint density at radius 1 is 1.48 bits per heavy atom. The van der Waals surface area contributed by atoms with Crippen molar-refractivity contribution in [1.29, 1.82) is 0 Å². The SMILES string of the molecule is C#CCn1c(=NC(=O)C2=COCCO2)sc2cc(CC)ccc21. The average molecular weight is 328 g/mol. The summed E-state index contributed by atoms with van der Waals surface area (Å²) >= 11 is 1.44. The van der Waals surface area contributed by atoms with E-state index in [-0.39, 0.29) is 5.76 Å². The molecular formula is C17H16N2O3S. The van der Waals surface area contributed by atoms with E-state index >= 15 is 0 Å². The number of carbonyl (C=O) groups is 1. The second-order valence-electron chi connectivity index (χ2n) is 4.95. The first kappa shape index (κ1) is 15.4. The highest BCUT2D eigenvalue weighted by molar-refractivity contribution is 7.16. The third-order valence-corrected chi connectivity index (χ3v) is 4.50. The van der Waals surface area contributed by atoms with Gasteiger partial charge in [-0.05, 0) is 24.1 Å². The largest absolute Gasteiger partial charge is 0.494 e. The number of aromatic nitrogens is 1. The van der Waals surface area contributed by atoms with E-state index in [1.807, 2.05) is 10.6 Å². The first-order valence-electron chi connectivity index (χ1n) is 7.32. The molecule has 0 unspecified atom stereocenters. The minimum atomic E-state index is -0.460. The Morgan fingerprint density at radius 3 is 3.04 bits per heavy atom. The quantitative estimate of drug-likeness (QED) is 0.812. The molecule has 6 heteroatoms. The van der Waals surface area contributed by atoms with Gasteiger partial charge in [0, 0.05) is 0 Å². The monoisotopic (exact) mass is 328 g/mol. The Labute approximate surface area is 137 Å². The maximum absolute atomic E-state index is 12.2. The van der Waals surface area contributed by atoms with Crippen LogP contribution in [0.1, 0.15) is 12.5 Å². The summed E-state index contributed by atoms with van der Waals surface area (Å²) in [6.45, 7) is 3.25. The van der Waals surface area contributed by atoms with E-state index in [0.717, 1.165) is 16.6 Å². The van der Waals surface area contributed by atoms with Gasteiger partial charge in [-0.1, -0.05) is 30.2 Å². The van der Waals surface area contributed by atoms with Crippen LogP contribution in [0.5, 0.6) is 0 Å². The van der Waals surface area contributed by atoms with Crippen LogP contribution in [0, 0.1) is 12.3 Å². The Balaban J connectivity index is 2.10. The number of fused-ring (bicyclic) bond motifs is 1. The summed E-state index contributed by atoms with van der Waals surface area (Å²) in [7, 11) is 0. The predicted molar refractivity (Wildman–Crippen MR) is 88.6 cm³/mol. The predicted octanol–water partition coefficient (Wildman–Crippen LogP) is 2.21. The maximum atomic E-state index is 12.2. The van der Waals surface area contributed by atoms with Gasteiger partial charge in [0.05, 0.1) is 16.8 Å². The van der Waals surface area contributed by atoms with Crippen molar-refractivity contribution >= 4 is 27.5 Å². The van der Waals surface area contributed by atoms with Crippen molar-refractivity contribution in [3.63, 3.8) is 0 Å². The molecule has 0 saturated carbocycles. The molecular weight excluding hydrogens is 312 g/mol. The van der Waals surface area contributed by atoms with Crippen LogP contribution in [0.3, 0.4) is 0 Å². The minimum Gasteiger partial charge on any atom is -0.494 e. The molecule has 2 aromatic rings. The number of nitrogens with zero attached hydrogens (tertiary/aromatic N) is 2. The second-order valence-corrected chi connectivity index (χ2v) is 5.96. The molecule has 0 bridgehead atoms. The van der Waals surface area contributed by atoms with Gasteiger partial charge in [0.1, 0.15) is 19.5 Å². The Bertz CT molecular complexity index is 883. The minimum absolute atomic E-state index is 0.121. The molecule has 0 spiro atoms. The highest BCUT2D eigenvalue weighted by Gasteiger charge is 2.15. The highest BCUT2D eigenvalue weighted by Crippen LogP contribution is 2.19. The van der Waals surface area contributed by atoms with Gasteiger partial charge >= 0.3 is 5.91 Å². The zero-order chi connectivity index (χ0) is 16.2. The van der Waals surface area contributed by atoms with E-state index < -0.39 is 5.91 Å². The lowest BCUT2D eigenvalue weighted by Crippen LogP contribution is -2.19. The van der Waals surface area contributed by atoms with Gasteiger partial charge in [-0.25, -0.2) is 0 Å². The fraction of sp³-hybridized carbons (Fsp3) is 0.294. The van der Waals surface area contributed by atoms with Gasteiger partial charge in [-0.15, -0.1) is 6.42 Å². The van der Waals surface area contributed by atoms with E-state index in [0.29, 0.717) is 24.6 Å². The molecule has 5 nitrogen and oxygen atoms in total. The standard InChI is InChI=1S/C17H16N2O3S/c1-3-7-19-13-6-5-12(4-2)10-15(13)23-17(19)18-16(20)14-11-21-8-9-22-14/h1,5-6,10-11H,4,7-9H2,2H3. The van der Waals surface area contributed by atoms with Gasteiger partial charge in [0.25, 0.3) is 0 Å². The van der Waals surface area contributed by atoms with Gasteiger partial charge in [0.2, 0.25) is 5.76 Å². The lowest BCUT2D eigenvalue weighted by atomic mass is 10.2. The number of amides is 1. The van der Waals surface area contributed by atoms with Crippen LogP contribution < -0.4 is 4.80 Å². The zero-order valence-corrected chi connectivity index (χ0v) is 13.6. The molecule has 1 aliphatic rings. The average Bonchev–Trinajstić information content (AvgIpc) is 2.92. The summed E-state index contributed by atoms with van der Waals surface area (Å²) in [5.74, 6) is 2.27. The maximum Gasteiger partial charge on any atom is 0.317 e. The molecule has 2 heterocycles. The molecule has 23 heavy (non-hydrogen) atoms. The summed E-state index contributed by atoms with van der Waals surface area (Å²) in [6.07, 6.45) is 7.72. The van der Waals surface area contributed by atoms with Crippen molar-refractivity contribution < 1.29 is 14.3 Å². The molecule has 1 aliphatic heterocycles. The summed E-state index contributed by atoms with van der Waals surface area (Å²) in [4.78, 5) is 17.0. The van der Waals surface area contributed by atoms with Gasteiger partial charge in [0.15, 0.2) is 4.80 Å². The number of thiazole rings is 1. The number of carbonyl (C=O) groups excluding carboxylic acids is 1. The van der Waals surface area contributed by atoms with Crippen LogP contribution in [-0.2, 0) is 27.2 Å². The molecule has 118 valence electrons. The smallest absolute Gasteiger partial charge is 0.317 e. The number of aryl methyl sites for hydroxylation is 1. The van der Waals surface area contributed by atoms with Crippen LogP contribution >= 0.6 is 11.3 Å². The van der Waals surface area contributed by atoms with E-state index in [4.69, 9.17) is 15.9 Å². The molecule has 0 radical (unpaired) electrons. The van der Waals surface area contributed by atoms with E-state index in [2.05, 4.69) is 30.0 Å². The third-order valence-electron chi connectivity index (χ3n) is 3.46. The number of hydrogen-bond acceptors (Lipinski definition) is 4. The molecule has 0 fully saturated rings. The molecule has 1 amide bonds. The Morgan fingerprint density at radius 2 is 2.35 bits per heavy atom. The van der Waals surface area contributed by atoms with Crippen LogP contribution in [0.25, 0.3) is 10.2 Å². The van der Waals surface area contributed by atoms with Crippen LogP contribution in [0.2, 0.25) is 0 Å². The summed E-state index contributed by atoms with van der Waals surface area (Å²) in [5.41, 5.74) is 2.21.